The Morgan fingerprint density at radius 3 is 2.71 bits per heavy atom. The number of ether oxygens (including phenoxy) is 1. The number of nitrogens with zero attached hydrogens (tertiary/aromatic N) is 3. The molecule has 3 rings (SSSR count). The Kier molecular flexibility index (Phi) is 7.48. The number of benzene rings is 1. The summed E-state index contributed by atoms with van der Waals surface area (Å²) in [7, 11) is 2.23. The molecule has 0 aliphatic heterocycles. The second-order valence-electron chi connectivity index (χ2n) is 7.79. The average Bonchev–Trinajstić information content (AvgIpc) is 3.21. The van der Waals surface area contributed by atoms with E-state index < -0.39 is 0 Å². The van der Waals surface area contributed by atoms with Gasteiger partial charge in [-0.05, 0) is 50.6 Å². The normalized spacial score (nSPS) is 16.1. The lowest BCUT2D eigenvalue weighted by atomic mass is 9.94. The lowest BCUT2D eigenvalue weighted by Crippen LogP contribution is -2.35. The van der Waals surface area contributed by atoms with Crippen LogP contribution in [0, 0.1) is 0 Å². The van der Waals surface area contributed by atoms with Crippen LogP contribution in [0.4, 0.5) is 0 Å². The van der Waals surface area contributed by atoms with Crippen LogP contribution < -0.4 is 10.1 Å². The number of carbonyl (C=O) groups excluding carboxylic acids is 1. The van der Waals surface area contributed by atoms with E-state index in [-0.39, 0.29) is 18.6 Å². The van der Waals surface area contributed by atoms with Crippen LogP contribution in [0.15, 0.2) is 42.7 Å². The van der Waals surface area contributed by atoms with Crippen molar-refractivity contribution in [3.8, 4) is 5.75 Å². The topological polar surface area (TPSA) is 59.4 Å². The lowest BCUT2D eigenvalue weighted by molar-refractivity contribution is -0.122. The third-order valence-electron chi connectivity index (χ3n) is 5.34. The zero-order chi connectivity index (χ0) is 19.8. The predicted octanol–water partition coefficient (Wildman–Crippen LogP) is 3.23. The van der Waals surface area contributed by atoms with Crippen LogP contribution in [0.3, 0.4) is 0 Å². The largest absolute Gasteiger partial charge is 0.489 e. The Bertz CT molecular complexity index is 709. The van der Waals surface area contributed by atoms with Crippen molar-refractivity contribution < 1.29 is 9.53 Å². The predicted molar refractivity (Wildman–Crippen MR) is 110 cm³/mol. The summed E-state index contributed by atoms with van der Waals surface area (Å²) in [5, 5.41) is 6.91. The van der Waals surface area contributed by atoms with Gasteiger partial charge in [-0.25, -0.2) is 0 Å². The molecule has 6 nitrogen and oxygen atoms in total. The fraction of sp³-hybridized carbons (Fsp3) is 0.545. The van der Waals surface area contributed by atoms with E-state index in [9.17, 15) is 4.79 Å². The molecule has 2 aromatic rings. The first kappa shape index (κ1) is 20.4. The van der Waals surface area contributed by atoms with Gasteiger partial charge in [0.15, 0.2) is 0 Å². The maximum Gasteiger partial charge on any atom is 0.241 e. The number of hydrogen-bond donors (Lipinski definition) is 1. The number of amides is 1. The molecule has 0 radical (unpaired) electrons. The minimum absolute atomic E-state index is 0.0692. The molecule has 1 aromatic heterocycles. The van der Waals surface area contributed by atoms with Crippen molar-refractivity contribution in [1.29, 1.82) is 0 Å². The molecule has 1 aromatic carbocycles. The van der Waals surface area contributed by atoms with Gasteiger partial charge in [-0.2, -0.15) is 5.10 Å². The number of aromatic nitrogens is 2. The monoisotopic (exact) mass is 384 g/mol. The summed E-state index contributed by atoms with van der Waals surface area (Å²) in [6.45, 7) is 3.62. The van der Waals surface area contributed by atoms with Crippen molar-refractivity contribution >= 4 is 5.91 Å². The number of hydrogen-bond acceptors (Lipinski definition) is 4. The molecule has 28 heavy (non-hydrogen) atoms. The molecule has 152 valence electrons. The molecule has 6 heteroatoms. The third kappa shape index (κ3) is 6.37. The zero-order valence-electron chi connectivity index (χ0n) is 17.0. The molecule has 1 saturated carbocycles. The maximum absolute atomic E-state index is 11.9. The van der Waals surface area contributed by atoms with Gasteiger partial charge in [0.2, 0.25) is 5.91 Å². The smallest absolute Gasteiger partial charge is 0.241 e. The molecule has 1 amide bonds. The Hall–Kier alpha value is -2.34. The van der Waals surface area contributed by atoms with Crippen molar-refractivity contribution in [1.82, 2.24) is 20.0 Å². The highest BCUT2D eigenvalue weighted by Crippen LogP contribution is 2.23. The van der Waals surface area contributed by atoms with E-state index in [2.05, 4.69) is 34.5 Å². The molecular formula is C22H32N4O2. The minimum atomic E-state index is -0.0997. The first-order chi connectivity index (χ1) is 13.6. The van der Waals surface area contributed by atoms with E-state index >= 15 is 0 Å². The fourth-order valence-electron chi connectivity index (χ4n) is 3.74. The van der Waals surface area contributed by atoms with Crippen molar-refractivity contribution in [2.75, 3.05) is 13.6 Å². The van der Waals surface area contributed by atoms with Gasteiger partial charge in [0, 0.05) is 25.0 Å². The highest BCUT2D eigenvalue weighted by Gasteiger charge is 2.18. The summed E-state index contributed by atoms with van der Waals surface area (Å²) < 4.78 is 7.53. The average molecular weight is 385 g/mol. The van der Waals surface area contributed by atoms with Crippen LogP contribution in [0.25, 0.3) is 0 Å². The van der Waals surface area contributed by atoms with Crippen LogP contribution in [-0.2, 0) is 17.9 Å². The van der Waals surface area contributed by atoms with Gasteiger partial charge >= 0.3 is 0 Å². The molecule has 1 heterocycles. The second-order valence-corrected chi connectivity index (χ2v) is 7.79. The molecule has 1 atom stereocenters. The molecule has 0 saturated heterocycles. The summed E-state index contributed by atoms with van der Waals surface area (Å²) in [6.07, 6.45) is 10.1. The van der Waals surface area contributed by atoms with Gasteiger partial charge in [-0.1, -0.05) is 31.4 Å². The molecule has 1 aliphatic rings. The number of nitrogens with one attached hydrogen (secondary N) is 1. The minimum Gasteiger partial charge on any atom is -0.489 e. The molecule has 0 bridgehead atoms. The van der Waals surface area contributed by atoms with Crippen molar-refractivity contribution in [3.63, 3.8) is 0 Å². The van der Waals surface area contributed by atoms with Crippen molar-refractivity contribution in [2.45, 2.75) is 64.3 Å². The highest BCUT2D eigenvalue weighted by atomic mass is 16.5. The quantitative estimate of drug-likeness (QED) is 0.721. The van der Waals surface area contributed by atoms with E-state index in [0.717, 1.165) is 18.3 Å². The van der Waals surface area contributed by atoms with Gasteiger partial charge in [-0.15, -0.1) is 0 Å². The van der Waals surface area contributed by atoms with E-state index in [0.29, 0.717) is 6.54 Å². The van der Waals surface area contributed by atoms with Crippen LogP contribution in [-0.4, -0.2) is 46.3 Å². The van der Waals surface area contributed by atoms with Crippen LogP contribution in [0.1, 0.15) is 44.6 Å². The first-order valence-electron chi connectivity index (χ1n) is 10.3. The van der Waals surface area contributed by atoms with Crippen molar-refractivity contribution in [2.24, 2.45) is 0 Å². The SMILES string of the molecule is CC(CNC(=O)Cn1cccn1)Oc1ccc(CN(C)C2CCCCC2)cc1. The van der Waals surface area contributed by atoms with Crippen molar-refractivity contribution in [3.05, 3.63) is 48.3 Å². The Morgan fingerprint density at radius 1 is 1.29 bits per heavy atom. The fourth-order valence-corrected chi connectivity index (χ4v) is 3.74. The number of rotatable bonds is 9. The van der Waals surface area contributed by atoms with Crippen LogP contribution in [0.2, 0.25) is 0 Å². The Morgan fingerprint density at radius 2 is 2.04 bits per heavy atom. The Balaban J connectivity index is 1.39. The molecule has 0 spiro atoms. The molecule has 1 N–H and O–H groups in total. The molecule has 1 unspecified atom stereocenters. The first-order valence-corrected chi connectivity index (χ1v) is 10.3. The van der Waals surface area contributed by atoms with E-state index in [1.807, 2.05) is 19.1 Å². The van der Waals surface area contributed by atoms with Crippen LogP contribution >= 0.6 is 0 Å². The second kappa shape index (κ2) is 10.3. The molecule has 1 aliphatic carbocycles. The van der Waals surface area contributed by atoms with Gasteiger partial charge in [0.25, 0.3) is 0 Å². The summed E-state index contributed by atoms with van der Waals surface area (Å²) in [5.41, 5.74) is 1.31. The third-order valence-corrected chi connectivity index (χ3v) is 5.34. The van der Waals surface area contributed by atoms with E-state index in [1.54, 1.807) is 23.1 Å². The van der Waals surface area contributed by atoms with Gasteiger partial charge < -0.3 is 10.1 Å². The molecule has 1 fully saturated rings. The lowest BCUT2D eigenvalue weighted by Gasteiger charge is -2.31. The van der Waals surface area contributed by atoms with Gasteiger partial charge in [-0.3, -0.25) is 14.4 Å². The summed E-state index contributed by atoms with van der Waals surface area (Å²) in [6, 6.07) is 10.8. The van der Waals surface area contributed by atoms with E-state index in [4.69, 9.17) is 4.74 Å². The highest BCUT2D eigenvalue weighted by molar-refractivity contribution is 5.75. The van der Waals surface area contributed by atoms with Crippen LogP contribution in [0.5, 0.6) is 5.75 Å². The van der Waals surface area contributed by atoms with Gasteiger partial charge in [0.1, 0.15) is 18.4 Å². The summed E-state index contributed by atoms with van der Waals surface area (Å²) in [5.74, 6) is 0.762. The summed E-state index contributed by atoms with van der Waals surface area (Å²) in [4.78, 5) is 14.4. The number of carbonyl (C=O) groups is 1. The van der Waals surface area contributed by atoms with E-state index in [1.165, 1.54) is 37.7 Å². The maximum atomic E-state index is 11.9. The standard InChI is InChI=1S/C22H32N4O2/c1-18(15-23-22(27)17-26-14-6-13-24-26)28-21-11-9-19(10-12-21)16-25(2)20-7-4-3-5-8-20/h6,9-14,18,20H,3-5,7-8,15-17H2,1-2H3,(H,23,27). The molecular weight excluding hydrogens is 352 g/mol. The Labute approximate surface area is 167 Å². The zero-order valence-corrected chi connectivity index (χ0v) is 17.0. The summed E-state index contributed by atoms with van der Waals surface area (Å²) >= 11 is 0. The van der Waals surface area contributed by atoms with Gasteiger partial charge in [0.05, 0.1) is 6.54 Å².